The molecule has 0 aliphatic heterocycles. The molecular formula is In2Te3. The average Bonchev–Trinajstić information content (AvgIpc) is 1.38. The Labute approximate surface area is 71.0 Å². The van der Waals surface area contributed by atoms with E-state index in [4.69, 9.17) is 0 Å². The van der Waals surface area contributed by atoms with Crippen molar-refractivity contribution in [3.05, 3.63) is 0 Å². The Morgan fingerprint density at radius 2 is 1.80 bits per heavy atom. The van der Waals surface area contributed by atoms with Crippen molar-refractivity contribution in [2.24, 2.45) is 0 Å². The summed E-state index contributed by atoms with van der Waals surface area (Å²) in [6.45, 7) is 0. The van der Waals surface area contributed by atoms with Crippen LogP contribution in [0.1, 0.15) is 0 Å². The van der Waals surface area contributed by atoms with Crippen LogP contribution in [-0.4, -0.2) is 74.0 Å². The average molecular weight is 612 g/mol. The first-order chi connectivity index (χ1) is 2.27. The van der Waals surface area contributed by atoms with Gasteiger partial charge in [0.1, 0.15) is 0 Å². The van der Waals surface area contributed by atoms with Gasteiger partial charge in [-0.1, -0.05) is 0 Å². The second kappa shape index (κ2) is 6.23. The number of hydrogen-bond acceptors (Lipinski definition) is 0. The van der Waals surface area contributed by atoms with Crippen molar-refractivity contribution in [1.82, 2.24) is 0 Å². The first kappa shape index (κ1) is 9.11. The van der Waals surface area contributed by atoms with Crippen LogP contribution in [-0.2, 0) is 0 Å². The molecule has 0 N–H and O–H groups in total. The van der Waals surface area contributed by atoms with Crippen LogP contribution in [0, 0.1) is 0 Å². The van der Waals surface area contributed by atoms with E-state index in [1.54, 1.807) is 39.3 Å². The summed E-state index contributed by atoms with van der Waals surface area (Å²) in [5.41, 5.74) is 0. The molecule has 0 bridgehead atoms. The number of rotatable bonds is 0. The molecule has 0 rings (SSSR count). The van der Waals surface area contributed by atoms with Gasteiger partial charge in [0.2, 0.25) is 0 Å². The van der Waals surface area contributed by atoms with Crippen molar-refractivity contribution in [2.75, 3.05) is 0 Å². The van der Waals surface area contributed by atoms with Crippen LogP contribution in [0.25, 0.3) is 0 Å². The summed E-state index contributed by atoms with van der Waals surface area (Å²) in [4.78, 5) is 0.0131. The van der Waals surface area contributed by atoms with Crippen LogP contribution in [0.5, 0.6) is 0 Å². The summed E-state index contributed by atoms with van der Waals surface area (Å²) in [7, 11) is 0. The van der Waals surface area contributed by atoms with Gasteiger partial charge in [-0.05, 0) is 0 Å². The molecule has 0 saturated heterocycles. The molecule has 0 aromatic carbocycles. The third-order valence-electron chi connectivity index (χ3n) is 0.0786. The monoisotopic (exact) mass is 620 g/mol. The van der Waals surface area contributed by atoms with E-state index in [1.165, 1.54) is 0 Å². The van der Waals surface area contributed by atoms with E-state index >= 15 is 0 Å². The van der Waals surface area contributed by atoms with Gasteiger partial charge >= 0.3 is 74.0 Å². The van der Waals surface area contributed by atoms with Crippen LogP contribution < -0.4 is 0 Å². The fourth-order valence-electron chi connectivity index (χ4n) is 0. The Kier molecular flexibility index (Phi) is 11.4. The van der Waals surface area contributed by atoms with E-state index < -0.39 is 0 Å². The van der Waals surface area contributed by atoms with Crippen LogP contribution in [0.15, 0.2) is 0 Å². The molecule has 0 fully saturated rings. The van der Waals surface area contributed by atoms with Crippen molar-refractivity contribution < 1.29 is 0 Å². The summed E-state index contributed by atoms with van der Waals surface area (Å²) in [5.74, 6) is 0. The molecule has 0 heterocycles. The predicted molar refractivity (Wildman–Crippen MR) is 28.8 cm³/mol. The van der Waals surface area contributed by atoms with Crippen LogP contribution >= 0.6 is 0 Å². The van der Waals surface area contributed by atoms with Crippen LogP contribution in [0.3, 0.4) is 0 Å². The molecule has 0 unspecified atom stereocenters. The second-order valence-corrected chi connectivity index (χ2v) is 120. The molecule has 0 saturated carbocycles. The maximum absolute atomic E-state index is 2.41. The normalized spacial score (nSPS) is 6.00. The molecule has 0 aliphatic carbocycles. The van der Waals surface area contributed by atoms with Crippen molar-refractivity contribution in [3.8, 4) is 0 Å². The fourth-order valence-corrected chi connectivity index (χ4v) is 0. The van der Waals surface area contributed by atoms with Gasteiger partial charge in [0.05, 0.1) is 0 Å². The Bertz CT molecular complexity index is 136. The zero-order valence-electron chi connectivity index (χ0n) is 2.38. The quantitative estimate of drug-likeness (QED) is 0.281. The van der Waals surface area contributed by atoms with E-state index in [0.717, 1.165) is 0 Å². The van der Waals surface area contributed by atoms with E-state index in [-0.39, 0.29) is 4.93 Å². The zero-order valence-corrected chi connectivity index (χ0v) is 16.0. The van der Waals surface area contributed by atoms with E-state index in [9.17, 15) is 0 Å². The molecule has 0 nitrogen and oxygen atoms in total. The van der Waals surface area contributed by atoms with Gasteiger partial charge in [-0.3, -0.25) is 0 Å². The minimum absolute atomic E-state index is 0.0131. The molecule has 0 aromatic heterocycles. The summed E-state index contributed by atoms with van der Waals surface area (Å²) in [6.07, 6.45) is 0. The molecule has 0 atom stereocenters. The molecule has 5 heavy (non-hydrogen) atoms. The van der Waals surface area contributed by atoms with Crippen LogP contribution in [0.2, 0.25) is 0 Å². The van der Waals surface area contributed by atoms with Crippen molar-refractivity contribution >= 4 is 74.0 Å². The summed E-state index contributed by atoms with van der Waals surface area (Å²) in [6, 6.07) is 0. The molecule has 0 amide bonds. The molecule has 0 aliphatic rings. The predicted octanol–water partition coefficient (Wildman–Crippen LogP) is -1.90. The molecule has 0 spiro atoms. The summed E-state index contributed by atoms with van der Waals surface area (Å²) < 4.78 is 0. The molecule has 0 aromatic rings. The zero-order chi connectivity index (χ0) is 4.28. The molecule has 5 heteroatoms. The first-order valence-electron chi connectivity index (χ1n) is 0.805. The van der Waals surface area contributed by atoms with E-state index in [1.807, 2.05) is 0 Å². The Morgan fingerprint density at radius 1 is 1.60 bits per heavy atom. The summed E-state index contributed by atoms with van der Waals surface area (Å²) in [5, 5.41) is 0. The van der Waals surface area contributed by atoms with Gasteiger partial charge in [0.15, 0.2) is 0 Å². The van der Waals surface area contributed by atoms with Crippen molar-refractivity contribution in [3.63, 3.8) is 0 Å². The molecular weight excluding hydrogens is 612 g/mol. The Hall–Kier alpha value is 4.11. The first-order valence-corrected chi connectivity index (χ1v) is 36.2. The second-order valence-electron chi connectivity index (χ2n) is 0.397. The van der Waals surface area contributed by atoms with Gasteiger partial charge in [-0.25, -0.2) is 0 Å². The minimum atomic E-state index is 0.0131. The third kappa shape index (κ3) is 8.11. The van der Waals surface area contributed by atoms with Crippen LogP contribution in [0.4, 0.5) is 0 Å². The number of hydrogen-bond donors (Lipinski definition) is 0. The topological polar surface area (TPSA) is 0 Å². The van der Waals surface area contributed by atoms with Crippen molar-refractivity contribution in [2.45, 2.75) is 0 Å². The van der Waals surface area contributed by atoms with Gasteiger partial charge in [0, 0.05) is 0 Å². The standard InChI is InChI=1S/2In.Te3/c;;1-3-2. The molecule has 24 valence electrons. The van der Waals surface area contributed by atoms with E-state index in [0.29, 0.717) is 11.9 Å². The van der Waals surface area contributed by atoms with Crippen molar-refractivity contribution in [1.29, 1.82) is 0 Å². The molecule has 2 radical (unpaired) electrons. The van der Waals surface area contributed by atoms with Gasteiger partial charge in [0.25, 0.3) is 0 Å². The Morgan fingerprint density at radius 3 is 1.80 bits per heavy atom. The van der Waals surface area contributed by atoms with Gasteiger partial charge in [-0.15, -0.1) is 0 Å². The maximum atomic E-state index is 2.41. The van der Waals surface area contributed by atoms with Gasteiger partial charge in [-0.2, -0.15) is 0 Å². The third-order valence-corrected chi connectivity index (χ3v) is 159. The Balaban J connectivity index is 5.08. The summed E-state index contributed by atoms with van der Waals surface area (Å²) >= 11 is 6.54. The SMILES string of the molecule is [In]=[Te](=[In])=[Te]=[Te]. The fraction of sp³-hybridized carbons (Fsp3) is 0. The van der Waals surface area contributed by atoms with E-state index in [2.05, 4.69) is 17.8 Å². The van der Waals surface area contributed by atoms with Gasteiger partial charge < -0.3 is 0 Å².